The van der Waals surface area contributed by atoms with Gasteiger partial charge < -0.3 is 0 Å². The topological polar surface area (TPSA) is 82.0 Å². The van der Waals surface area contributed by atoms with Gasteiger partial charge in [0.1, 0.15) is 0 Å². The number of allylic oxidation sites excluding steroid dienone is 2. The summed E-state index contributed by atoms with van der Waals surface area (Å²) >= 11 is 1.74. The van der Waals surface area contributed by atoms with Gasteiger partial charge in [0.25, 0.3) is 0 Å². The molecule has 0 saturated carbocycles. The Hall–Kier alpha value is -2.53. The number of hydrogen-bond acceptors (Lipinski definition) is 5. The van der Waals surface area contributed by atoms with Gasteiger partial charge in [-0.1, -0.05) is 6.07 Å². The van der Waals surface area contributed by atoms with E-state index in [-0.39, 0.29) is 11.9 Å². The fourth-order valence-corrected chi connectivity index (χ4v) is 9.69. The predicted molar refractivity (Wildman–Crippen MR) is 148 cm³/mol. The molecule has 0 bridgehead atoms. The van der Waals surface area contributed by atoms with Crippen molar-refractivity contribution in [1.29, 1.82) is 0 Å². The first-order valence-electron chi connectivity index (χ1n) is 11.3. The number of halogens is 2. The normalized spacial score (nSPS) is 21.9. The number of fused-ring (bicyclic) bond motifs is 1. The molecule has 1 unspecified atom stereocenters. The van der Waals surface area contributed by atoms with Crippen LogP contribution in [0.1, 0.15) is 24.0 Å². The second kappa shape index (κ2) is 10.8. The summed E-state index contributed by atoms with van der Waals surface area (Å²) in [5, 5.41) is 6.74. The van der Waals surface area contributed by atoms with Gasteiger partial charge in [0.15, 0.2) is 0 Å². The third kappa shape index (κ3) is 5.41. The zero-order chi connectivity index (χ0) is 23.3. The number of aromatic nitrogens is 1. The van der Waals surface area contributed by atoms with Gasteiger partial charge >= 0.3 is 210 Å². The molecule has 5 rings (SSSR count). The van der Waals surface area contributed by atoms with Gasteiger partial charge in [-0.2, -0.15) is 0 Å². The zero-order valence-electron chi connectivity index (χ0n) is 18.6. The van der Waals surface area contributed by atoms with Crippen molar-refractivity contribution in [3.05, 3.63) is 85.9 Å². The summed E-state index contributed by atoms with van der Waals surface area (Å²) in [6, 6.07) is 14.0. The van der Waals surface area contributed by atoms with E-state index in [4.69, 9.17) is 8.20 Å². The molecule has 2 N–H and O–H groups in total. The number of hydrogen-bond donors (Lipinski definition) is 2. The molecule has 1 atom stereocenters. The standard InChI is InChI=1S/C25H26BrIN6O/c26-21-16-31-27-23(29-15-19-8-4-10-28-13-19)12-22(32-24(21)27)20-9-5-11-33(17-20)25(34)30-14-18-6-2-1-3-7-18/h1-4,6-8,10,12-13,16,20,32H,5,9,11,14-15,17H2,(H,30,34). The molecule has 3 aliphatic rings. The van der Waals surface area contributed by atoms with Crippen LogP contribution in [0.25, 0.3) is 0 Å². The van der Waals surface area contributed by atoms with Gasteiger partial charge in [-0.15, -0.1) is 0 Å². The minimum atomic E-state index is -1.93. The van der Waals surface area contributed by atoms with Gasteiger partial charge in [-0.25, -0.2) is 0 Å². The predicted octanol–water partition coefficient (Wildman–Crippen LogP) is 5.16. The van der Waals surface area contributed by atoms with Gasteiger partial charge in [0.05, 0.1) is 0 Å². The summed E-state index contributed by atoms with van der Waals surface area (Å²) < 4.78 is 8.08. The van der Waals surface area contributed by atoms with Gasteiger partial charge in [-0.3, -0.25) is 0 Å². The maximum atomic E-state index is 12.9. The molecule has 9 heteroatoms. The van der Waals surface area contributed by atoms with Crippen molar-refractivity contribution < 1.29 is 4.79 Å². The number of aliphatic imine (C=N–C) groups is 1. The van der Waals surface area contributed by atoms with Crippen LogP contribution in [0, 0.1) is 5.92 Å². The Labute approximate surface area is 215 Å². The van der Waals surface area contributed by atoms with Crippen LogP contribution in [0.2, 0.25) is 0 Å². The van der Waals surface area contributed by atoms with Crippen LogP contribution in [0.5, 0.6) is 0 Å². The second-order valence-electron chi connectivity index (χ2n) is 8.31. The number of pyridine rings is 1. The third-order valence-electron chi connectivity index (χ3n) is 5.93. The Balaban J connectivity index is 1.30. The fraction of sp³-hybridized carbons (Fsp3) is 0.280. The fourth-order valence-electron chi connectivity index (χ4n) is 4.16. The van der Waals surface area contributed by atoms with Gasteiger partial charge in [0.2, 0.25) is 0 Å². The van der Waals surface area contributed by atoms with Gasteiger partial charge in [-0.05, 0) is 0 Å². The number of carbonyl (C=O) groups is 1. The number of benzene rings is 1. The first kappa shape index (κ1) is 23.2. The summed E-state index contributed by atoms with van der Waals surface area (Å²) in [5.74, 6) is 0.242. The van der Waals surface area contributed by atoms with Crippen LogP contribution in [-0.2, 0) is 13.1 Å². The van der Waals surface area contributed by atoms with Crippen molar-refractivity contribution in [2.24, 2.45) is 14.1 Å². The molecular formula is C25H26BrIN6O. The van der Waals surface area contributed by atoms with Crippen molar-refractivity contribution in [3.8, 4) is 0 Å². The monoisotopic (exact) mass is 632 g/mol. The summed E-state index contributed by atoms with van der Waals surface area (Å²) in [7, 11) is 0. The number of nitrogens with zero attached hydrogens (tertiary/aromatic N) is 4. The van der Waals surface area contributed by atoms with Crippen LogP contribution in [0.15, 0.2) is 83.0 Å². The molecule has 0 spiro atoms. The van der Waals surface area contributed by atoms with E-state index in [9.17, 15) is 4.79 Å². The number of urea groups is 1. The first-order chi connectivity index (χ1) is 16.7. The van der Waals surface area contributed by atoms with Gasteiger partial charge in [0, 0.05) is 0 Å². The molecule has 176 valence electrons. The Bertz CT molecular complexity index is 1160. The number of carbonyl (C=O) groups excluding carboxylic acids is 1. The average molecular weight is 633 g/mol. The average Bonchev–Trinajstić information content (AvgIpc) is 3.28. The van der Waals surface area contributed by atoms with Crippen molar-refractivity contribution in [3.63, 3.8) is 0 Å². The van der Waals surface area contributed by atoms with Crippen LogP contribution >= 0.6 is 36.0 Å². The molecule has 1 aromatic carbocycles. The number of piperidine rings is 1. The van der Waals surface area contributed by atoms with Crippen molar-refractivity contribution in [1.82, 2.24) is 20.5 Å². The second-order valence-corrected chi connectivity index (χ2v) is 13.4. The SMILES string of the molecule is O=C(NCc1ccccc1)N1CCCC(C2=CC(=NCc3cccnc3)I3N=CC(Br)=C3N2)C1. The number of rotatable bonds is 5. The maximum absolute atomic E-state index is 12.9. The summed E-state index contributed by atoms with van der Waals surface area (Å²) in [6.07, 6.45) is 9.76. The van der Waals surface area contributed by atoms with Crippen LogP contribution in [-0.4, -0.2) is 38.9 Å². The molecule has 0 radical (unpaired) electrons. The van der Waals surface area contributed by atoms with E-state index < -0.39 is 20.1 Å². The van der Waals surface area contributed by atoms with E-state index >= 15 is 0 Å². The molecule has 4 heterocycles. The summed E-state index contributed by atoms with van der Waals surface area (Å²) in [5.41, 5.74) is 3.33. The molecule has 2 amide bonds. The van der Waals surface area contributed by atoms with Crippen molar-refractivity contribution >= 4 is 52.0 Å². The molecule has 1 saturated heterocycles. The first-order valence-corrected chi connectivity index (χ1v) is 15.2. The molecule has 1 fully saturated rings. The molecule has 1 aromatic heterocycles. The van der Waals surface area contributed by atoms with E-state index in [1.165, 1.54) is 3.70 Å². The Morgan fingerprint density at radius 1 is 1.24 bits per heavy atom. The zero-order valence-corrected chi connectivity index (χ0v) is 22.4. The van der Waals surface area contributed by atoms with E-state index in [0.717, 1.165) is 44.4 Å². The van der Waals surface area contributed by atoms with E-state index in [1.807, 2.05) is 59.8 Å². The van der Waals surface area contributed by atoms with E-state index in [0.29, 0.717) is 19.6 Å². The Morgan fingerprint density at radius 2 is 2.09 bits per heavy atom. The van der Waals surface area contributed by atoms with Crippen LogP contribution < -0.4 is 10.6 Å². The van der Waals surface area contributed by atoms with Crippen molar-refractivity contribution in [2.45, 2.75) is 25.9 Å². The number of nitrogens with one attached hydrogen (secondary N) is 2. The van der Waals surface area contributed by atoms with E-state index in [1.54, 1.807) is 6.20 Å². The van der Waals surface area contributed by atoms with Crippen LogP contribution in [0.3, 0.4) is 0 Å². The number of amides is 2. The quantitative estimate of drug-likeness (QED) is 0.353. The Kier molecular flexibility index (Phi) is 7.39. The third-order valence-corrected chi connectivity index (χ3v) is 11.7. The summed E-state index contributed by atoms with van der Waals surface area (Å²) in [6.45, 7) is 2.60. The molecule has 0 aliphatic carbocycles. The molecule has 34 heavy (non-hydrogen) atoms. The van der Waals surface area contributed by atoms with Crippen LogP contribution in [0.4, 0.5) is 4.79 Å². The molecule has 7 nitrogen and oxygen atoms in total. The van der Waals surface area contributed by atoms with Crippen molar-refractivity contribution in [2.75, 3.05) is 13.1 Å². The molecule has 3 aliphatic heterocycles. The molecular weight excluding hydrogens is 607 g/mol. The minimum absolute atomic E-state index is 0.00604. The molecule has 2 aromatic rings. The summed E-state index contributed by atoms with van der Waals surface area (Å²) in [4.78, 5) is 24.0. The van der Waals surface area contributed by atoms with E-state index in [2.05, 4.69) is 37.6 Å². The Morgan fingerprint density at radius 3 is 2.91 bits per heavy atom. The number of likely N-dealkylation sites (tertiary alicyclic amines) is 1.